The average molecular weight is 489 g/mol. The van der Waals surface area contributed by atoms with E-state index in [0.717, 1.165) is 31.6 Å². The maximum atomic E-state index is 13.1. The van der Waals surface area contributed by atoms with Crippen molar-refractivity contribution in [3.05, 3.63) is 95.6 Å². The summed E-state index contributed by atoms with van der Waals surface area (Å²) in [5.41, 5.74) is 2.84. The molecule has 0 N–H and O–H groups in total. The minimum absolute atomic E-state index is 0.0921. The lowest BCUT2D eigenvalue weighted by atomic mass is 10.1. The van der Waals surface area contributed by atoms with Crippen molar-refractivity contribution < 1.29 is 13.2 Å². The zero-order valence-corrected chi connectivity index (χ0v) is 20.5. The van der Waals surface area contributed by atoms with E-state index in [-0.39, 0.29) is 10.8 Å². The summed E-state index contributed by atoms with van der Waals surface area (Å²) in [6.45, 7) is 3.66. The number of hydrogen-bond acceptors (Lipinski definition) is 5. The Balaban J connectivity index is 1.39. The highest BCUT2D eigenvalue weighted by molar-refractivity contribution is 7.92. The van der Waals surface area contributed by atoms with E-state index in [4.69, 9.17) is 5.26 Å². The second-order valence-electron chi connectivity index (χ2n) is 8.56. The monoisotopic (exact) mass is 488 g/mol. The summed E-state index contributed by atoms with van der Waals surface area (Å²) >= 11 is 0. The minimum atomic E-state index is -3.72. The molecule has 1 aliphatic heterocycles. The number of sulfonamides is 1. The van der Waals surface area contributed by atoms with Gasteiger partial charge in [0, 0.05) is 45.3 Å². The Morgan fingerprint density at radius 3 is 2.26 bits per heavy atom. The topological polar surface area (TPSA) is 84.7 Å². The lowest BCUT2D eigenvalue weighted by Crippen LogP contribution is -2.35. The van der Waals surface area contributed by atoms with Crippen molar-refractivity contribution in [1.82, 2.24) is 9.80 Å². The number of nitrogens with zero attached hydrogens (tertiary/aromatic N) is 4. The molecule has 0 aromatic heterocycles. The van der Waals surface area contributed by atoms with Crippen molar-refractivity contribution in [3.8, 4) is 6.07 Å². The molecule has 8 heteroatoms. The highest BCUT2D eigenvalue weighted by atomic mass is 32.2. The molecule has 0 spiro atoms. The van der Waals surface area contributed by atoms with Crippen LogP contribution in [0.5, 0.6) is 0 Å². The van der Waals surface area contributed by atoms with Crippen molar-refractivity contribution in [2.45, 2.75) is 17.9 Å². The fraction of sp³-hybridized carbons (Fsp3) is 0.259. The third-order valence-corrected chi connectivity index (χ3v) is 8.04. The smallest absolute Gasteiger partial charge is 0.264 e. The van der Waals surface area contributed by atoms with Crippen LogP contribution in [-0.4, -0.2) is 57.4 Å². The Kier molecular flexibility index (Phi) is 7.49. The van der Waals surface area contributed by atoms with Crippen molar-refractivity contribution in [1.29, 1.82) is 5.26 Å². The van der Waals surface area contributed by atoms with Crippen molar-refractivity contribution in [3.63, 3.8) is 0 Å². The van der Waals surface area contributed by atoms with Crippen molar-refractivity contribution in [2.75, 3.05) is 37.5 Å². The van der Waals surface area contributed by atoms with E-state index in [9.17, 15) is 13.2 Å². The Labute approximate surface area is 206 Å². The molecule has 1 amide bonds. The van der Waals surface area contributed by atoms with Gasteiger partial charge in [-0.05, 0) is 60.5 Å². The standard InChI is InChI=1S/C27H28N4O3S/c1-29(25-6-3-2-4-7-25)35(33,34)26-14-12-24(13-15-26)27(32)31-17-5-16-30(18-19-31)21-23-10-8-22(20-28)9-11-23/h2-4,6-15H,5,16-19,21H2,1H3. The third kappa shape index (κ3) is 5.70. The molecule has 1 saturated heterocycles. The Bertz CT molecular complexity index is 1300. The molecule has 4 rings (SSSR count). The van der Waals surface area contributed by atoms with Gasteiger partial charge in [0.05, 0.1) is 22.2 Å². The lowest BCUT2D eigenvalue weighted by molar-refractivity contribution is 0.0761. The molecule has 0 atom stereocenters. The number of hydrogen-bond donors (Lipinski definition) is 0. The Hall–Kier alpha value is -3.67. The van der Waals surface area contributed by atoms with Crippen molar-refractivity contribution in [2.24, 2.45) is 0 Å². The SMILES string of the molecule is CN(c1ccccc1)S(=O)(=O)c1ccc(C(=O)N2CCCN(Cc3ccc(C#N)cc3)CC2)cc1. The second-order valence-corrected chi connectivity index (χ2v) is 10.5. The van der Waals surface area contributed by atoms with Gasteiger partial charge in [0.25, 0.3) is 15.9 Å². The molecular formula is C27H28N4O3S. The summed E-state index contributed by atoms with van der Waals surface area (Å²) in [4.78, 5) is 17.4. The van der Waals surface area contributed by atoms with Gasteiger partial charge in [0.2, 0.25) is 0 Å². The molecule has 3 aromatic carbocycles. The molecule has 0 aliphatic carbocycles. The molecule has 3 aromatic rings. The van der Waals surface area contributed by atoms with Crippen LogP contribution in [0.3, 0.4) is 0 Å². The predicted octanol–water partition coefficient (Wildman–Crippen LogP) is 3.73. The normalized spacial score (nSPS) is 14.7. The number of amides is 1. The van der Waals surface area contributed by atoms with Crippen LogP contribution in [-0.2, 0) is 16.6 Å². The van der Waals surface area contributed by atoms with Gasteiger partial charge in [0.15, 0.2) is 0 Å². The molecule has 35 heavy (non-hydrogen) atoms. The van der Waals surface area contributed by atoms with Crippen LogP contribution in [0.1, 0.15) is 27.9 Å². The number of benzene rings is 3. The average Bonchev–Trinajstić information content (AvgIpc) is 3.14. The molecule has 7 nitrogen and oxygen atoms in total. The van der Waals surface area contributed by atoms with Crippen LogP contribution >= 0.6 is 0 Å². The highest BCUT2D eigenvalue weighted by Gasteiger charge is 2.24. The van der Waals surface area contributed by atoms with Gasteiger partial charge in [-0.2, -0.15) is 5.26 Å². The zero-order valence-electron chi connectivity index (χ0n) is 19.7. The maximum Gasteiger partial charge on any atom is 0.264 e. The number of anilines is 1. The third-order valence-electron chi connectivity index (χ3n) is 6.24. The molecule has 1 aliphatic rings. The van der Waals surface area contributed by atoms with Crippen LogP contribution in [0.2, 0.25) is 0 Å². The van der Waals surface area contributed by atoms with Gasteiger partial charge in [0.1, 0.15) is 0 Å². The summed E-state index contributed by atoms with van der Waals surface area (Å²) in [6.07, 6.45) is 0.857. The Morgan fingerprint density at radius 2 is 1.60 bits per heavy atom. The first-order valence-corrected chi connectivity index (χ1v) is 13.0. The first kappa shape index (κ1) is 24.5. The van der Waals surface area contributed by atoms with E-state index in [1.807, 2.05) is 35.2 Å². The molecule has 180 valence electrons. The molecule has 0 bridgehead atoms. The summed E-state index contributed by atoms with van der Waals surface area (Å²) in [5, 5.41) is 8.96. The number of carbonyl (C=O) groups is 1. The van der Waals surface area contributed by atoms with Gasteiger partial charge in [-0.1, -0.05) is 30.3 Å². The maximum absolute atomic E-state index is 13.1. The van der Waals surface area contributed by atoms with Gasteiger partial charge in [-0.25, -0.2) is 8.42 Å². The van der Waals surface area contributed by atoms with Gasteiger partial charge < -0.3 is 4.90 Å². The quantitative estimate of drug-likeness (QED) is 0.528. The lowest BCUT2D eigenvalue weighted by Gasteiger charge is -2.22. The van der Waals surface area contributed by atoms with Crippen LogP contribution in [0.25, 0.3) is 0 Å². The molecule has 0 unspecified atom stereocenters. The highest BCUT2D eigenvalue weighted by Crippen LogP contribution is 2.22. The fourth-order valence-corrected chi connectivity index (χ4v) is 5.36. The van der Waals surface area contributed by atoms with Crippen LogP contribution in [0.15, 0.2) is 83.8 Å². The number of nitriles is 1. The Morgan fingerprint density at radius 1 is 0.914 bits per heavy atom. The number of rotatable bonds is 6. The second kappa shape index (κ2) is 10.7. The summed E-state index contributed by atoms with van der Waals surface area (Å²) in [5.74, 6) is -0.0921. The van der Waals surface area contributed by atoms with Crippen molar-refractivity contribution >= 4 is 21.6 Å². The summed E-state index contributed by atoms with van der Waals surface area (Å²) in [7, 11) is -2.20. The van der Waals surface area contributed by atoms with E-state index in [1.165, 1.54) is 23.5 Å². The fourth-order valence-electron chi connectivity index (χ4n) is 4.16. The molecular weight excluding hydrogens is 460 g/mol. The first-order valence-electron chi connectivity index (χ1n) is 11.5. The van der Waals surface area contributed by atoms with Crippen LogP contribution in [0.4, 0.5) is 5.69 Å². The summed E-state index contributed by atoms with van der Waals surface area (Å²) in [6, 6.07) is 24.8. The minimum Gasteiger partial charge on any atom is -0.337 e. The predicted molar refractivity (Wildman–Crippen MR) is 135 cm³/mol. The van der Waals surface area contributed by atoms with Gasteiger partial charge in [-0.3, -0.25) is 14.0 Å². The van der Waals surface area contributed by atoms with Crippen LogP contribution in [0, 0.1) is 11.3 Å². The number of carbonyl (C=O) groups excluding carboxylic acids is 1. The van der Waals surface area contributed by atoms with E-state index in [1.54, 1.807) is 36.4 Å². The largest absolute Gasteiger partial charge is 0.337 e. The van der Waals surface area contributed by atoms with E-state index >= 15 is 0 Å². The molecule has 1 heterocycles. The molecule has 0 radical (unpaired) electrons. The molecule has 0 saturated carbocycles. The van der Waals surface area contributed by atoms with E-state index in [0.29, 0.717) is 29.9 Å². The van der Waals surface area contributed by atoms with Gasteiger partial charge in [-0.15, -0.1) is 0 Å². The summed E-state index contributed by atoms with van der Waals surface area (Å²) < 4.78 is 27.2. The molecule has 1 fully saturated rings. The zero-order chi connectivity index (χ0) is 24.8. The first-order chi connectivity index (χ1) is 16.9. The van der Waals surface area contributed by atoms with E-state index in [2.05, 4.69) is 11.0 Å². The number of para-hydroxylation sites is 1. The van der Waals surface area contributed by atoms with Crippen LogP contribution < -0.4 is 4.31 Å². The van der Waals surface area contributed by atoms with E-state index < -0.39 is 10.0 Å². The van der Waals surface area contributed by atoms with Gasteiger partial charge >= 0.3 is 0 Å².